The molecule has 1 aromatic carbocycles. The second-order valence-electron chi connectivity index (χ2n) is 5.35. The number of unbranched alkanes of at least 4 members (excludes halogenated alkanes) is 1. The minimum Gasteiger partial charge on any atom is -0.465 e. The number of aliphatic imine (C=N–C) groups is 2. The number of rotatable bonds is 5. The molecule has 0 aliphatic carbocycles. The van der Waals surface area contributed by atoms with Gasteiger partial charge >= 0.3 is 5.97 Å². The summed E-state index contributed by atoms with van der Waals surface area (Å²) >= 11 is 6.28. The highest BCUT2D eigenvalue weighted by Gasteiger charge is 2.33. The van der Waals surface area contributed by atoms with Crippen molar-refractivity contribution in [2.24, 2.45) is 15.9 Å². The Hall–Kier alpha value is -1.68. The second-order valence-corrected chi connectivity index (χ2v) is 5.76. The molecule has 0 amide bonds. The van der Waals surface area contributed by atoms with Gasteiger partial charge in [0.25, 0.3) is 0 Å². The minimum atomic E-state index is -0.576. The molecular weight excluding hydrogens is 300 g/mol. The number of carbonyl (C=O) groups excluding carboxylic acids is 1. The SMILES string of the molecule is CCCCOC(=O)C1C(C)=NC(C)N=C1c1ccccc1Cl. The van der Waals surface area contributed by atoms with Crippen molar-refractivity contribution >= 4 is 29.0 Å². The fraction of sp³-hybridized carbons (Fsp3) is 0.471. The summed E-state index contributed by atoms with van der Waals surface area (Å²) in [6, 6.07) is 7.41. The predicted octanol–water partition coefficient (Wildman–Crippen LogP) is 3.91. The van der Waals surface area contributed by atoms with Crippen LogP contribution in [0.2, 0.25) is 5.02 Å². The van der Waals surface area contributed by atoms with Crippen molar-refractivity contribution < 1.29 is 9.53 Å². The smallest absolute Gasteiger partial charge is 0.320 e. The molecule has 2 unspecified atom stereocenters. The van der Waals surface area contributed by atoms with Crippen LogP contribution in [0, 0.1) is 5.92 Å². The monoisotopic (exact) mass is 320 g/mol. The van der Waals surface area contributed by atoms with E-state index in [2.05, 4.69) is 16.9 Å². The Morgan fingerprint density at radius 2 is 2.05 bits per heavy atom. The molecule has 0 radical (unpaired) electrons. The lowest BCUT2D eigenvalue weighted by molar-refractivity contribution is -0.144. The van der Waals surface area contributed by atoms with Crippen molar-refractivity contribution in [1.82, 2.24) is 0 Å². The highest BCUT2D eigenvalue weighted by Crippen LogP contribution is 2.25. The van der Waals surface area contributed by atoms with Crippen LogP contribution < -0.4 is 0 Å². The van der Waals surface area contributed by atoms with Crippen molar-refractivity contribution in [2.75, 3.05) is 6.61 Å². The van der Waals surface area contributed by atoms with Crippen LogP contribution in [-0.2, 0) is 9.53 Å². The van der Waals surface area contributed by atoms with Crippen LogP contribution in [0.15, 0.2) is 34.3 Å². The molecule has 0 spiro atoms. The van der Waals surface area contributed by atoms with Gasteiger partial charge in [-0.1, -0.05) is 43.1 Å². The van der Waals surface area contributed by atoms with E-state index in [9.17, 15) is 4.79 Å². The zero-order valence-electron chi connectivity index (χ0n) is 13.2. The van der Waals surface area contributed by atoms with E-state index in [1.165, 1.54) is 0 Å². The van der Waals surface area contributed by atoms with Crippen molar-refractivity contribution in [3.63, 3.8) is 0 Å². The van der Waals surface area contributed by atoms with Crippen LogP contribution >= 0.6 is 11.6 Å². The summed E-state index contributed by atoms with van der Waals surface area (Å²) < 4.78 is 5.38. The molecule has 0 saturated carbocycles. The molecule has 4 nitrogen and oxygen atoms in total. The first-order chi connectivity index (χ1) is 10.5. The highest BCUT2D eigenvalue weighted by molar-refractivity contribution is 6.37. The fourth-order valence-corrected chi connectivity index (χ4v) is 2.68. The maximum Gasteiger partial charge on any atom is 0.320 e. The van der Waals surface area contributed by atoms with Gasteiger partial charge in [-0.05, 0) is 26.3 Å². The van der Waals surface area contributed by atoms with Gasteiger partial charge in [0.15, 0.2) is 0 Å². The Morgan fingerprint density at radius 3 is 2.73 bits per heavy atom. The number of hydrogen-bond acceptors (Lipinski definition) is 4. The number of benzene rings is 1. The Balaban J connectivity index is 2.32. The van der Waals surface area contributed by atoms with Gasteiger partial charge in [-0.3, -0.25) is 14.8 Å². The summed E-state index contributed by atoms with van der Waals surface area (Å²) in [6.45, 7) is 6.21. The van der Waals surface area contributed by atoms with Crippen LogP contribution in [0.3, 0.4) is 0 Å². The lowest BCUT2D eigenvalue weighted by Gasteiger charge is -2.24. The zero-order valence-corrected chi connectivity index (χ0v) is 13.9. The number of carbonyl (C=O) groups is 1. The highest BCUT2D eigenvalue weighted by atomic mass is 35.5. The van der Waals surface area contributed by atoms with E-state index in [1.54, 1.807) is 6.07 Å². The van der Waals surface area contributed by atoms with Crippen LogP contribution in [0.25, 0.3) is 0 Å². The number of hydrogen-bond donors (Lipinski definition) is 0. The Bertz CT molecular complexity index is 610. The van der Waals surface area contributed by atoms with Gasteiger partial charge in [0.2, 0.25) is 0 Å². The third kappa shape index (κ3) is 3.74. The van der Waals surface area contributed by atoms with Crippen LogP contribution in [0.5, 0.6) is 0 Å². The van der Waals surface area contributed by atoms with Crippen molar-refractivity contribution in [3.05, 3.63) is 34.9 Å². The summed E-state index contributed by atoms with van der Waals surface area (Å²) in [7, 11) is 0. The molecule has 2 atom stereocenters. The first kappa shape index (κ1) is 16.7. The van der Waals surface area contributed by atoms with Gasteiger partial charge in [-0.15, -0.1) is 0 Å². The summed E-state index contributed by atoms with van der Waals surface area (Å²) in [5, 5.41) is 0.578. The van der Waals surface area contributed by atoms with Crippen LogP contribution in [-0.4, -0.2) is 30.2 Å². The average molecular weight is 321 g/mol. The average Bonchev–Trinajstić information content (AvgIpc) is 2.47. The van der Waals surface area contributed by atoms with E-state index in [1.807, 2.05) is 32.0 Å². The Morgan fingerprint density at radius 1 is 1.32 bits per heavy atom. The molecule has 0 fully saturated rings. The molecular formula is C17H21ClN2O2. The number of ether oxygens (including phenoxy) is 1. The first-order valence-corrected chi connectivity index (χ1v) is 7.96. The van der Waals surface area contributed by atoms with Gasteiger partial charge in [0.1, 0.15) is 12.1 Å². The van der Waals surface area contributed by atoms with Crippen molar-refractivity contribution in [3.8, 4) is 0 Å². The molecule has 0 aromatic heterocycles. The molecule has 22 heavy (non-hydrogen) atoms. The molecule has 1 heterocycles. The lowest BCUT2D eigenvalue weighted by atomic mass is 9.91. The van der Waals surface area contributed by atoms with Gasteiger partial charge in [-0.2, -0.15) is 0 Å². The van der Waals surface area contributed by atoms with Gasteiger partial charge in [0.05, 0.1) is 12.3 Å². The van der Waals surface area contributed by atoms with Crippen molar-refractivity contribution in [1.29, 1.82) is 0 Å². The number of nitrogens with zero attached hydrogens (tertiary/aromatic N) is 2. The minimum absolute atomic E-state index is 0.217. The van der Waals surface area contributed by atoms with Gasteiger partial charge in [0, 0.05) is 16.3 Å². The third-order valence-corrected chi connectivity index (χ3v) is 3.86. The number of esters is 1. The largest absolute Gasteiger partial charge is 0.465 e. The molecule has 2 rings (SSSR count). The summed E-state index contributed by atoms with van der Waals surface area (Å²) in [4.78, 5) is 21.4. The molecule has 0 saturated heterocycles. The predicted molar refractivity (Wildman–Crippen MR) is 89.9 cm³/mol. The van der Waals surface area contributed by atoms with Crippen molar-refractivity contribution in [2.45, 2.75) is 39.8 Å². The standard InChI is InChI=1S/C17H21ClN2O2/c1-4-5-10-22-17(21)15-11(2)19-12(3)20-16(15)13-8-6-7-9-14(13)18/h6-9,12,15H,4-5,10H2,1-3H3. The Kier molecular flexibility index (Phi) is 5.72. The van der Waals surface area contributed by atoms with E-state index in [4.69, 9.17) is 16.3 Å². The van der Waals surface area contributed by atoms with E-state index < -0.39 is 5.92 Å². The van der Waals surface area contributed by atoms with Gasteiger partial charge in [-0.25, -0.2) is 0 Å². The first-order valence-electron chi connectivity index (χ1n) is 7.58. The summed E-state index contributed by atoms with van der Waals surface area (Å²) in [5.41, 5.74) is 2.13. The normalized spacial score (nSPS) is 21.1. The molecule has 5 heteroatoms. The van der Waals surface area contributed by atoms with E-state index in [-0.39, 0.29) is 12.1 Å². The topological polar surface area (TPSA) is 51.0 Å². The van der Waals surface area contributed by atoms with Crippen LogP contribution in [0.4, 0.5) is 0 Å². The number of halogens is 1. The molecule has 1 aromatic rings. The molecule has 118 valence electrons. The molecule has 1 aliphatic heterocycles. The second kappa shape index (κ2) is 7.54. The van der Waals surface area contributed by atoms with E-state index in [0.717, 1.165) is 24.1 Å². The summed E-state index contributed by atoms with van der Waals surface area (Å²) in [5.74, 6) is -0.881. The van der Waals surface area contributed by atoms with Crippen LogP contribution in [0.1, 0.15) is 39.2 Å². The maximum atomic E-state index is 12.5. The molecule has 0 N–H and O–H groups in total. The quantitative estimate of drug-likeness (QED) is 0.610. The fourth-order valence-electron chi connectivity index (χ4n) is 2.45. The molecule has 1 aliphatic rings. The maximum absolute atomic E-state index is 12.5. The van der Waals surface area contributed by atoms with Gasteiger partial charge < -0.3 is 4.74 Å². The summed E-state index contributed by atoms with van der Waals surface area (Å²) in [6.07, 6.45) is 1.61. The third-order valence-electron chi connectivity index (χ3n) is 3.54. The zero-order chi connectivity index (χ0) is 16.1. The molecule has 0 bridgehead atoms. The van der Waals surface area contributed by atoms with E-state index >= 15 is 0 Å². The Labute approximate surface area is 136 Å². The van der Waals surface area contributed by atoms with E-state index in [0.29, 0.717) is 17.3 Å². The lowest BCUT2D eigenvalue weighted by Crippen LogP contribution is -2.37.